The average molecular weight is 683 g/mol. The summed E-state index contributed by atoms with van der Waals surface area (Å²) in [7, 11) is 0. The topological polar surface area (TPSA) is 370 Å². The van der Waals surface area contributed by atoms with Crippen molar-refractivity contribution in [1.29, 1.82) is 0 Å². The highest BCUT2D eigenvalue weighted by atomic mass is 16.8. The van der Waals surface area contributed by atoms with Crippen LogP contribution in [0, 0.1) is 5.92 Å². The van der Waals surface area contributed by atoms with Crippen molar-refractivity contribution in [2.45, 2.75) is 123 Å². The van der Waals surface area contributed by atoms with Gasteiger partial charge in [-0.05, 0) is 6.42 Å². The summed E-state index contributed by atoms with van der Waals surface area (Å²) in [6.45, 7) is -3.08. The molecule has 1 unspecified atom stereocenters. The molecule has 0 radical (unpaired) electrons. The summed E-state index contributed by atoms with van der Waals surface area (Å²) < 4.78 is 32.8. The molecule has 0 bridgehead atoms. The summed E-state index contributed by atoms with van der Waals surface area (Å²) in [6.07, 6.45) is -32.5. The molecular weight excluding hydrogens is 636 g/mol. The van der Waals surface area contributed by atoms with Gasteiger partial charge in [-0.15, -0.1) is 0 Å². The molecule has 272 valence electrons. The Bertz CT molecular complexity index is 911. The average Bonchev–Trinajstić information content (AvgIpc) is 3.03. The molecule has 0 spiro atoms. The number of hydrogen-bond acceptors (Lipinski definition) is 20. The highest BCUT2D eigenvalue weighted by Crippen LogP contribution is 2.35. The first-order valence-corrected chi connectivity index (χ1v) is 14.5. The number of hydrogen-bond donors (Lipinski definition) is 14. The Morgan fingerprint density at radius 2 is 0.848 bits per heavy atom. The van der Waals surface area contributed by atoms with Crippen molar-refractivity contribution in [2.24, 2.45) is 5.92 Å². The second-order valence-corrected chi connectivity index (χ2v) is 11.6. The monoisotopic (exact) mass is 682 g/mol. The zero-order valence-corrected chi connectivity index (χ0v) is 24.3. The lowest BCUT2D eigenvalue weighted by molar-refractivity contribution is -0.380. The Kier molecular flexibility index (Phi) is 14.4. The van der Waals surface area contributed by atoms with Gasteiger partial charge in [0.05, 0.1) is 32.0 Å². The molecule has 20 atom stereocenters. The first-order chi connectivity index (χ1) is 21.3. The van der Waals surface area contributed by atoms with Crippen LogP contribution < -0.4 is 0 Å². The van der Waals surface area contributed by atoms with Crippen molar-refractivity contribution in [1.82, 2.24) is 0 Å². The summed E-state index contributed by atoms with van der Waals surface area (Å²) >= 11 is 0. The lowest BCUT2D eigenvalue weighted by Crippen LogP contribution is -2.67. The van der Waals surface area contributed by atoms with Gasteiger partial charge < -0.3 is 105 Å². The molecule has 4 fully saturated rings. The highest BCUT2D eigenvalue weighted by molar-refractivity contribution is 4.99. The van der Waals surface area contributed by atoms with Crippen molar-refractivity contribution >= 4 is 0 Å². The Balaban J connectivity index is 0.00000576. The van der Waals surface area contributed by atoms with E-state index in [1.165, 1.54) is 0 Å². The molecule has 21 nitrogen and oxygen atoms in total. The fourth-order valence-electron chi connectivity index (χ4n) is 6.01. The minimum absolute atomic E-state index is 0. The van der Waals surface area contributed by atoms with Crippen LogP contribution in [0.1, 0.15) is 6.42 Å². The van der Waals surface area contributed by atoms with Crippen LogP contribution in [0.2, 0.25) is 0 Å². The molecular formula is C25H46O21. The van der Waals surface area contributed by atoms with Crippen LogP contribution in [0.5, 0.6) is 0 Å². The molecule has 0 aromatic rings. The molecule has 0 aromatic carbocycles. The maximum atomic E-state index is 10.9. The lowest BCUT2D eigenvalue weighted by Gasteiger charge is -2.49. The second kappa shape index (κ2) is 16.7. The van der Waals surface area contributed by atoms with Gasteiger partial charge in [0.1, 0.15) is 85.5 Å². The van der Waals surface area contributed by atoms with E-state index in [-0.39, 0.29) is 11.9 Å². The van der Waals surface area contributed by atoms with Gasteiger partial charge in [-0.1, -0.05) is 0 Å². The Morgan fingerprint density at radius 3 is 1.28 bits per heavy atom. The standard InChI is InChI=1S/C25H44O20.H2O/c26-2-6-1-7(12(31)13(32)11(6)30)40-20-9(4-28)42-24(18(37)15(20)34)45-22-10(5-29)43-25(19(38)16(22)35)44-21-8(3-27)41-23(39)17(36)14(21)33;/h6-39H,1-5H2;1H2/t6-,7+,8-,9-,10-,11-,12+,13+,14-,15-,16-,17-,18-,19-,20-,21-,22-,23?,24-,25-;/m1./s1. The van der Waals surface area contributed by atoms with Gasteiger partial charge in [0.15, 0.2) is 18.9 Å². The number of ether oxygens (including phenoxy) is 6. The molecule has 46 heavy (non-hydrogen) atoms. The van der Waals surface area contributed by atoms with Crippen LogP contribution in [-0.2, 0) is 28.4 Å². The van der Waals surface area contributed by atoms with E-state index in [4.69, 9.17) is 28.4 Å². The summed E-state index contributed by atoms with van der Waals surface area (Å²) in [4.78, 5) is 0. The van der Waals surface area contributed by atoms with Gasteiger partial charge in [-0.25, -0.2) is 0 Å². The predicted octanol–water partition coefficient (Wildman–Crippen LogP) is -9.91. The van der Waals surface area contributed by atoms with E-state index < -0.39 is 149 Å². The van der Waals surface area contributed by atoms with E-state index in [9.17, 15) is 71.5 Å². The third-order valence-electron chi connectivity index (χ3n) is 8.73. The predicted molar refractivity (Wildman–Crippen MR) is 141 cm³/mol. The molecule has 4 rings (SSSR count). The van der Waals surface area contributed by atoms with Gasteiger partial charge in [0, 0.05) is 12.5 Å². The van der Waals surface area contributed by atoms with Crippen molar-refractivity contribution in [2.75, 3.05) is 26.4 Å². The molecule has 16 N–H and O–H groups in total. The van der Waals surface area contributed by atoms with Gasteiger partial charge in [-0.2, -0.15) is 0 Å². The largest absolute Gasteiger partial charge is 0.412 e. The van der Waals surface area contributed by atoms with Crippen molar-refractivity contribution in [3.8, 4) is 0 Å². The molecule has 3 saturated heterocycles. The molecule has 1 saturated carbocycles. The summed E-state index contributed by atoms with van der Waals surface area (Å²) in [5, 5.41) is 143. The Labute approximate surface area is 261 Å². The van der Waals surface area contributed by atoms with Crippen LogP contribution in [0.3, 0.4) is 0 Å². The Hall–Kier alpha value is -0.840. The smallest absolute Gasteiger partial charge is 0.187 e. The van der Waals surface area contributed by atoms with Gasteiger partial charge in [0.2, 0.25) is 0 Å². The van der Waals surface area contributed by atoms with Crippen LogP contribution >= 0.6 is 0 Å². The van der Waals surface area contributed by atoms with Crippen molar-refractivity contribution in [3.05, 3.63) is 0 Å². The minimum atomic E-state index is -1.99. The lowest BCUT2D eigenvalue weighted by atomic mass is 9.81. The maximum absolute atomic E-state index is 10.9. The SMILES string of the molecule is O.OC[C@H]1C[C@H](O[C@H]2[C@H](O)[C@@H](O)[C@@H](O[C@H]3[C@H](O)[C@@H](O)[C@@H](O[C@H]4[C@H](O)[C@@H](O)C(O)O[C@@H]4CO)O[C@@H]3CO)O[C@@H]2CO)[C@H](O)[C@@H](O)[C@@H]1O. The van der Waals surface area contributed by atoms with Crippen LogP contribution in [-0.4, -0.2) is 220 Å². The molecule has 3 heterocycles. The zero-order valence-electron chi connectivity index (χ0n) is 24.3. The summed E-state index contributed by atoms with van der Waals surface area (Å²) in [5.74, 6) is -0.897. The van der Waals surface area contributed by atoms with Crippen LogP contribution in [0.25, 0.3) is 0 Å². The number of aliphatic hydroxyl groups excluding tert-OH is 14. The van der Waals surface area contributed by atoms with E-state index in [2.05, 4.69) is 0 Å². The molecule has 21 heteroatoms. The van der Waals surface area contributed by atoms with Crippen LogP contribution in [0.4, 0.5) is 0 Å². The second-order valence-electron chi connectivity index (χ2n) is 11.6. The first-order valence-electron chi connectivity index (χ1n) is 14.5. The first kappa shape index (κ1) is 39.6. The number of rotatable bonds is 10. The summed E-state index contributed by atoms with van der Waals surface area (Å²) in [5.41, 5.74) is 0. The molecule has 0 aromatic heterocycles. The minimum Gasteiger partial charge on any atom is -0.412 e. The Morgan fingerprint density at radius 1 is 0.435 bits per heavy atom. The van der Waals surface area contributed by atoms with E-state index in [0.717, 1.165) is 0 Å². The molecule has 0 amide bonds. The molecule has 4 aliphatic rings. The van der Waals surface area contributed by atoms with Crippen molar-refractivity contribution < 1.29 is 105 Å². The normalized spacial score (nSPS) is 51.8. The van der Waals surface area contributed by atoms with E-state index in [1.54, 1.807) is 0 Å². The fourth-order valence-corrected chi connectivity index (χ4v) is 6.01. The van der Waals surface area contributed by atoms with Gasteiger partial charge >= 0.3 is 0 Å². The van der Waals surface area contributed by atoms with Crippen molar-refractivity contribution in [3.63, 3.8) is 0 Å². The van der Waals surface area contributed by atoms with E-state index in [1.807, 2.05) is 0 Å². The number of aliphatic hydroxyl groups is 14. The van der Waals surface area contributed by atoms with Gasteiger partial charge in [0.25, 0.3) is 0 Å². The summed E-state index contributed by atoms with van der Waals surface area (Å²) in [6, 6.07) is 0. The van der Waals surface area contributed by atoms with E-state index in [0.29, 0.717) is 0 Å². The zero-order chi connectivity index (χ0) is 33.3. The third kappa shape index (κ3) is 7.80. The van der Waals surface area contributed by atoms with Crippen LogP contribution in [0.15, 0.2) is 0 Å². The fraction of sp³-hybridized carbons (Fsp3) is 1.00. The maximum Gasteiger partial charge on any atom is 0.187 e. The highest BCUT2D eigenvalue weighted by Gasteiger charge is 2.54. The third-order valence-corrected chi connectivity index (χ3v) is 8.73. The van der Waals surface area contributed by atoms with E-state index >= 15 is 0 Å². The quantitative estimate of drug-likeness (QED) is 0.102. The molecule has 3 aliphatic heterocycles. The molecule has 1 aliphatic carbocycles. The van der Waals surface area contributed by atoms with Gasteiger partial charge in [-0.3, -0.25) is 0 Å².